The van der Waals surface area contributed by atoms with Crippen molar-refractivity contribution in [3.8, 4) is 11.1 Å². The predicted octanol–water partition coefficient (Wildman–Crippen LogP) is 7.14. The Morgan fingerprint density at radius 1 is 1.06 bits per heavy atom. The van der Waals surface area contributed by atoms with Crippen molar-refractivity contribution in [1.29, 1.82) is 0 Å². The topological polar surface area (TPSA) is 106 Å². The van der Waals surface area contributed by atoms with Crippen molar-refractivity contribution in [2.45, 2.75) is 91.0 Å². The Hall–Kier alpha value is -4.74. The number of benzene rings is 2. The van der Waals surface area contributed by atoms with Gasteiger partial charge in [-0.1, -0.05) is 19.9 Å². The lowest BCUT2D eigenvalue weighted by Gasteiger charge is -2.27. The number of alkyl halides is 3. The maximum absolute atomic E-state index is 14.2. The number of carbonyl (C=O) groups is 2. The fourth-order valence-corrected chi connectivity index (χ4v) is 6.95. The Bertz CT molecular complexity index is 1890. The molecule has 4 aromatic rings. The van der Waals surface area contributed by atoms with Gasteiger partial charge in [-0.25, -0.2) is 9.37 Å². The SMILES string of the molecule is Cc1cc(F)cc(C)c1-c1cc(C(CC(=O)O)NC(=O)[C@H](CC(C)C)n2cc(CCn3ccnc3)c(C(F)(F)F)cc2=O)cc2c1CCC2. The monoisotopic (exact) mass is 680 g/mol. The minimum Gasteiger partial charge on any atom is -0.481 e. The van der Waals surface area contributed by atoms with E-state index in [1.54, 1.807) is 10.8 Å². The van der Waals surface area contributed by atoms with Gasteiger partial charge in [0.2, 0.25) is 5.91 Å². The number of aryl methyl sites for hydroxylation is 5. The van der Waals surface area contributed by atoms with E-state index < -0.39 is 47.7 Å². The van der Waals surface area contributed by atoms with Gasteiger partial charge in [0, 0.05) is 31.2 Å². The van der Waals surface area contributed by atoms with Gasteiger partial charge in [0.25, 0.3) is 5.56 Å². The number of nitrogens with zero attached hydrogens (tertiary/aromatic N) is 3. The van der Waals surface area contributed by atoms with Crippen LogP contribution in [0.15, 0.2) is 60.0 Å². The Morgan fingerprint density at radius 3 is 2.39 bits per heavy atom. The minimum atomic E-state index is -4.79. The highest BCUT2D eigenvalue weighted by Gasteiger charge is 2.36. The molecule has 1 aliphatic carbocycles. The molecule has 8 nitrogen and oxygen atoms in total. The molecule has 0 aliphatic heterocycles. The Labute approximate surface area is 281 Å². The van der Waals surface area contributed by atoms with Gasteiger partial charge in [0.15, 0.2) is 0 Å². The van der Waals surface area contributed by atoms with E-state index in [2.05, 4.69) is 10.3 Å². The van der Waals surface area contributed by atoms with Gasteiger partial charge in [-0.05, 0) is 115 Å². The summed E-state index contributed by atoms with van der Waals surface area (Å²) in [6.07, 6.45) is 2.91. The van der Waals surface area contributed by atoms with Crippen molar-refractivity contribution in [3.63, 3.8) is 0 Å². The molecule has 260 valence electrons. The van der Waals surface area contributed by atoms with Crippen LogP contribution in [0.3, 0.4) is 0 Å². The third-order valence-electron chi connectivity index (χ3n) is 9.10. The number of amides is 1. The highest BCUT2D eigenvalue weighted by atomic mass is 19.4. The fraction of sp³-hybridized carbons (Fsp3) is 0.405. The molecule has 1 aliphatic rings. The number of hydrogen-bond donors (Lipinski definition) is 2. The molecule has 5 rings (SSSR count). The normalized spacial score (nSPS) is 14.1. The third-order valence-corrected chi connectivity index (χ3v) is 9.10. The lowest BCUT2D eigenvalue weighted by molar-refractivity contribution is -0.139. The number of aromatic nitrogens is 3. The zero-order chi connectivity index (χ0) is 35.6. The average molecular weight is 681 g/mol. The molecule has 2 aromatic carbocycles. The summed E-state index contributed by atoms with van der Waals surface area (Å²) < 4.78 is 59.1. The Morgan fingerprint density at radius 2 is 1.78 bits per heavy atom. The lowest BCUT2D eigenvalue weighted by atomic mass is 9.87. The standard InChI is InChI=1S/C37H40F4N4O4/c1-21(2)12-32(45-19-25(8-10-44-11-9-42-20-44)30(17-33(45)46)37(39,40)41)36(49)43-31(18-34(47)48)26-15-24-6-5-7-28(24)29(16-26)35-22(3)13-27(38)14-23(35)4/h9,11,13-17,19-21,31-32H,5-8,10,12,18H2,1-4H3,(H,43,49)(H,47,48)/t31?,32-/m0/s1. The van der Waals surface area contributed by atoms with Crippen molar-refractivity contribution in [3.05, 3.63) is 110 Å². The number of aliphatic carboxylic acids is 1. The number of carboxylic acid groups (broad SMARTS) is 1. The van der Waals surface area contributed by atoms with Gasteiger partial charge in [-0.2, -0.15) is 13.2 Å². The summed E-state index contributed by atoms with van der Waals surface area (Å²) in [4.78, 5) is 43.5. The van der Waals surface area contributed by atoms with Crippen LogP contribution in [0, 0.1) is 25.6 Å². The van der Waals surface area contributed by atoms with Crippen LogP contribution in [-0.4, -0.2) is 31.1 Å². The molecular weight excluding hydrogens is 640 g/mol. The first-order chi connectivity index (χ1) is 23.1. The van der Waals surface area contributed by atoms with Crippen molar-refractivity contribution >= 4 is 11.9 Å². The minimum absolute atomic E-state index is 0.0801. The molecule has 0 saturated heterocycles. The summed E-state index contributed by atoms with van der Waals surface area (Å²) in [7, 11) is 0. The van der Waals surface area contributed by atoms with Crippen LogP contribution in [-0.2, 0) is 41.6 Å². The maximum atomic E-state index is 14.2. The number of nitrogens with one attached hydrogen (secondary N) is 1. The number of halogens is 4. The Kier molecular flexibility index (Phi) is 10.4. The van der Waals surface area contributed by atoms with E-state index in [4.69, 9.17) is 0 Å². The van der Waals surface area contributed by atoms with Gasteiger partial charge in [0.1, 0.15) is 11.9 Å². The highest BCUT2D eigenvalue weighted by Crippen LogP contribution is 2.39. The maximum Gasteiger partial charge on any atom is 0.416 e. The number of hydrogen-bond acceptors (Lipinski definition) is 4. The van der Waals surface area contributed by atoms with E-state index >= 15 is 0 Å². The van der Waals surface area contributed by atoms with Crippen LogP contribution in [0.4, 0.5) is 17.6 Å². The fourth-order valence-electron chi connectivity index (χ4n) is 6.95. The van der Waals surface area contributed by atoms with Gasteiger partial charge >= 0.3 is 12.1 Å². The molecule has 2 atom stereocenters. The van der Waals surface area contributed by atoms with Crippen LogP contribution >= 0.6 is 0 Å². The van der Waals surface area contributed by atoms with Crippen LogP contribution < -0.4 is 10.9 Å². The molecule has 0 saturated carbocycles. The second-order valence-electron chi connectivity index (χ2n) is 13.3. The molecule has 0 radical (unpaired) electrons. The first-order valence-electron chi connectivity index (χ1n) is 16.3. The van der Waals surface area contributed by atoms with E-state index in [-0.39, 0.29) is 36.7 Å². The molecule has 0 spiro atoms. The number of rotatable bonds is 12. The van der Waals surface area contributed by atoms with E-state index in [0.29, 0.717) is 11.6 Å². The smallest absolute Gasteiger partial charge is 0.416 e. The van der Waals surface area contributed by atoms with Crippen molar-refractivity contribution in [2.75, 3.05) is 0 Å². The summed E-state index contributed by atoms with van der Waals surface area (Å²) in [5.41, 5.74) is 3.59. The molecule has 0 fully saturated rings. The van der Waals surface area contributed by atoms with Gasteiger partial charge in [-0.3, -0.25) is 14.4 Å². The van der Waals surface area contributed by atoms with Gasteiger partial charge < -0.3 is 19.6 Å². The summed E-state index contributed by atoms with van der Waals surface area (Å²) in [5, 5.41) is 12.8. The Balaban J connectivity index is 1.56. The molecule has 2 aromatic heterocycles. The third kappa shape index (κ3) is 8.12. The van der Waals surface area contributed by atoms with E-state index in [1.165, 1.54) is 24.7 Å². The zero-order valence-electron chi connectivity index (χ0n) is 27.9. The van der Waals surface area contributed by atoms with Gasteiger partial charge in [0.05, 0.1) is 24.4 Å². The number of pyridine rings is 1. The second-order valence-corrected chi connectivity index (χ2v) is 13.3. The number of carbonyl (C=O) groups excluding carboxylic acids is 1. The van der Waals surface area contributed by atoms with Gasteiger partial charge in [-0.15, -0.1) is 0 Å². The van der Waals surface area contributed by atoms with E-state index in [0.717, 1.165) is 63.4 Å². The molecule has 1 amide bonds. The number of carboxylic acids is 1. The number of fused-ring (bicyclic) bond motifs is 1. The zero-order valence-corrected chi connectivity index (χ0v) is 27.9. The first kappa shape index (κ1) is 35.6. The van der Waals surface area contributed by atoms with E-state index in [9.17, 15) is 37.1 Å². The van der Waals surface area contributed by atoms with Crippen molar-refractivity contribution < 1.29 is 32.3 Å². The summed E-state index contributed by atoms with van der Waals surface area (Å²) in [6.45, 7) is 7.45. The van der Waals surface area contributed by atoms with Crippen LogP contribution in [0.25, 0.3) is 11.1 Å². The summed E-state index contributed by atoms with van der Waals surface area (Å²) in [5.74, 6) is -2.36. The largest absolute Gasteiger partial charge is 0.481 e. The number of imidazole rings is 1. The first-order valence-corrected chi connectivity index (χ1v) is 16.3. The lowest BCUT2D eigenvalue weighted by Crippen LogP contribution is -2.40. The van der Waals surface area contributed by atoms with Crippen LogP contribution in [0.5, 0.6) is 0 Å². The van der Waals surface area contributed by atoms with Crippen LogP contribution in [0.2, 0.25) is 0 Å². The molecular formula is C37H40F4N4O4. The summed E-state index contributed by atoms with van der Waals surface area (Å²) >= 11 is 0. The second kappa shape index (κ2) is 14.4. The summed E-state index contributed by atoms with van der Waals surface area (Å²) in [6, 6.07) is 4.94. The molecule has 49 heavy (non-hydrogen) atoms. The molecule has 1 unspecified atom stereocenters. The molecule has 2 N–H and O–H groups in total. The van der Waals surface area contributed by atoms with Crippen molar-refractivity contribution in [1.82, 2.24) is 19.4 Å². The predicted molar refractivity (Wildman–Crippen MR) is 177 cm³/mol. The highest BCUT2D eigenvalue weighted by molar-refractivity contribution is 5.82. The molecule has 12 heteroatoms. The quantitative estimate of drug-likeness (QED) is 0.155. The average Bonchev–Trinajstić information content (AvgIpc) is 3.70. The van der Waals surface area contributed by atoms with Crippen molar-refractivity contribution in [2.24, 2.45) is 5.92 Å². The van der Waals surface area contributed by atoms with E-state index in [1.807, 2.05) is 39.8 Å². The van der Waals surface area contributed by atoms with Crippen LogP contribution in [0.1, 0.15) is 84.1 Å². The molecule has 0 bridgehead atoms. The molecule has 2 heterocycles.